The van der Waals surface area contributed by atoms with Gasteiger partial charge in [-0.3, -0.25) is 9.69 Å². The average Bonchev–Trinajstić information content (AvgIpc) is 2.97. The van der Waals surface area contributed by atoms with Crippen molar-refractivity contribution in [2.75, 3.05) is 25.1 Å². The molecular weight excluding hydrogens is 579 g/mol. The minimum Gasteiger partial charge on any atom is -0.467 e. The van der Waals surface area contributed by atoms with Gasteiger partial charge in [-0.1, -0.05) is 32.9 Å². The number of amides is 3. The van der Waals surface area contributed by atoms with Crippen molar-refractivity contribution in [1.29, 1.82) is 0 Å². The predicted octanol–water partition coefficient (Wildman–Crippen LogP) is 5.66. The fourth-order valence-corrected chi connectivity index (χ4v) is 6.20. The van der Waals surface area contributed by atoms with Gasteiger partial charge < -0.3 is 24.8 Å². The quantitative estimate of drug-likeness (QED) is 0.370. The summed E-state index contributed by atoms with van der Waals surface area (Å²) in [5, 5.41) is 12.2. The summed E-state index contributed by atoms with van der Waals surface area (Å²) in [6.45, 7) is 7.13. The van der Waals surface area contributed by atoms with Crippen LogP contribution in [-0.2, 0) is 16.1 Å². The number of methoxy groups -OCH3 is 1. The first-order valence-corrected chi connectivity index (χ1v) is 14.7. The van der Waals surface area contributed by atoms with Crippen molar-refractivity contribution in [2.24, 2.45) is 11.3 Å². The number of benzene rings is 2. The second-order valence-corrected chi connectivity index (χ2v) is 12.6. The molecule has 0 bridgehead atoms. The van der Waals surface area contributed by atoms with Crippen molar-refractivity contribution in [3.8, 4) is 5.75 Å². The molecule has 1 aliphatic heterocycles. The van der Waals surface area contributed by atoms with Gasteiger partial charge in [-0.25, -0.2) is 9.59 Å². The lowest BCUT2D eigenvalue weighted by Gasteiger charge is -2.54. The minimum atomic E-state index is -4.81. The number of ether oxygens (including phenoxy) is 2. The molecule has 2 aliphatic rings. The van der Waals surface area contributed by atoms with E-state index >= 15 is 0 Å². The van der Waals surface area contributed by atoms with Crippen LogP contribution >= 0.6 is 0 Å². The molecule has 4 rings (SSSR count). The number of nitrogens with one attached hydrogen (secondary N) is 1. The van der Waals surface area contributed by atoms with Gasteiger partial charge in [0.15, 0.2) is 6.10 Å². The Morgan fingerprint density at radius 3 is 2.18 bits per heavy atom. The molecule has 1 saturated carbocycles. The smallest absolute Gasteiger partial charge is 0.467 e. The van der Waals surface area contributed by atoms with Crippen molar-refractivity contribution in [3.05, 3.63) is 59.7 Å². The van der Waals surface area contributed by atoms with Crippen LogP contribution < -0.4 is 15.0 Å². The van der Waals surface area contributed by atoms with Gasteiger partial charge in [-0.2, -0.15) is 0 Å². The zero-order valence-electron chi connectivity index (χ0n) is 25.4. The molecule has 3 amide bonds. The Hall–Kier alpha value is -3.80. The Morgan fingerprint density at radius 1 is 1.02 bits per heavy atom. The molecular formula is C32H40F3N3O6. The zero-order chi connectivity index (χ0) is 32.3. The number of alkyl halides is 3. The molecule has 12 heteroatoms. The highest BCUT2D eigenvalue weighted by Crippen LogP contribution is 2.47. The van der Waals surface area contributed by atoms with Gasteiger partial charge in [-0.05, 0) is 85.4 Å². The lowest BCUT2D eigenvalue weighted by Crippen LogP contribution is -2.63. The van der Waals surface area contributed by atoms with Crippen LogP contribution in [0.15, 0.2) is 48.5 Å². The molecule has 0 radical (unpaired) electrons. The number of nitrogens with zero attached hydrogens (tertiary/aromatic N) is 2. The molecule has 2 aromatic carbocycles. The van der Waals surface area contributed by atoms with E-state index < -0.39 is 24.3 Å². The maximum absolute atomic E-state index is 14.1. The van der Waals surface area contributed by atoms with Gasteiger partial charge in [-0.15, -0.1) is 13.2 Å². The Bertz CT molecular complexity index is 1320. The molecule has 2 fully saturated rings. The largest absolute Gasteiger partial charge is 0.573 e. The highest BCUT2D eigenvalue weighted by molar-refractivity contribution is 5.95. The molecule has 1 aliphatic carbocycles. The van der Waals surface area contributed by atoms with Crippen molar-refractivity contribution >= 4 is 23.6 Å². The van der Waals surface area contributed by atoms with Crippen LogP contribution in [0.25, 0.3) is 0 Å². The van der Waals surface area contributed by atoms with E-state index in [4.69, 9.17) is 0 Å². The molecule has 1 heterocycles. The lowest BCUT2D eigenvalue weighted by atomic mass is 9.65. The SMILES string of the molecule is COC(=O)[C@H](O)CNC(=O)c1ccc(CN2C(=O)N(c3ccc(OC(F)(F)F)cc3)CCC23CCC(C(C)(C)C)CC3)cc1. The number of carbonyl (C=O) groups excluding carboxylic acids is 3. The monoisotopic (exact) mass is 619 g/mol. The minimum absolute atomic E-state index is 0.153. The first kappa shape index (κ1) is 33.1. The van der Waals surface area contributed by atoms with E-state index in [2.05, 4.69) is 35.6 Å². The number of esters is 1. The Morgan fingerprint density at radius 2 is 1.64 bits per heavy atom. The summed E-state index contributed by atoms with van der Waals surface area (Å²) in [7, 11) is 1.14. The number of rotatable bonds is 8. The van der Waals surface area contributed by atoms with Crippen molar-refractivity contribution in [3.63, 3.8) is 0 Å². The topological polar surface area (TPSA) is 108 Å². The Kier molecular flexibility index (Phi) is 9.82. The summed E-state index contributed by atoms with van der Waals surface area (Å²) in [6.07, 6.45) is -1.93. The van der Waals surface area contributed by atoms with Gasteiger partial charge >= 0.3 is 18.4 Å². The summed E-state index contributed by atoms with van der Waals surface area (Å²) in [4.78, 5) is 41.5. The van der Waals surface area contributed by atoms with Crippen molar-refractivity contribution < 1.29 is 42.1 Å². The second kappa shape index (κ2) is 13.1. The predicted molar refractivity (Wildman–Crippen MR) is 157 cm³/mol. The Labute approximate surface area is 255 Å². The van der Waals surface area contributed by atoms with E-state index in [-0.39, 0.29) is 35.8 Å². The van der Waals surface area contributed by atoms with Gasteiger partial charge in [0.2, 0.25) is 0 Å². The van der Waals surface area contributed by atoms with Gasteiger partial charge in [0.1, 0.15) is 5.75 Å². The van der Waals surface area contributed by atoms with E-state index in [9.17, 15) is 32.7 Å². The van der Waals surface area contributed by atoms with E-state index in [0.29, 0.717) is 30.1 Å². The normalized spacial score (nSPS) is 21.6. The first-order valence-electron chi connectivity index (χ1n) is 14.7. The molecule has 2 N–H and O–H groups in total. The summed E-state index contributed by atoms with van der Waals surface area (Å²) in [5.41, 5.74) is 1.39. The first-order chi connectivity index (χ1) is 20.6. The van der Waals surface area contributed by atoms with Crippen LogP contribution in [0.3, 0.4) is 0 Å². The van der Waals surface area contributed by atoms with Crippen LogP contribution in [0.1, 0.15) is 68.8 Å². The number of halogens is 3. The summed E-state index contributed by atoms with van der Waals surface area (Å²) < 4.78 is 46.4. The molecule has 240 valence electrons. The molecule has 0 unspecified atom stereocenters. The number of anilines is 1. The second-order valence-electron chi connectivity index (χ2n) is 12.6. The lowest BCUT2D eigenvalue weighted by molar-refractivity contribution is -0.274. The third-order valence-electron chi connectivity index (χ3n) is 8.84. The van der Waals surface area contributed by atoms with E-state index in [1.165, 1.54) is 24.3 Å². The van der Waals surface area contributed by atoms with Crippen LogP contribution in [0.5, 0.6) is 5.75 Å². The van der Waals surface area contributed by atoms with Crippen molar-refractivity contribution in [2.45, 2.75) is 77.4 Å². The van der Waals surface area contributed by atoms with Gasteiger partial charge in [0, 0.05) is 29.9 Å². The molecule has 1 atom stereocenters. The fraction of sp³-hybridized carbons (Fsp3) is 0.531. The maximum atomic E-state index is 14.1. The Balaban J connectivity index is 1.53. The third kappa shape index (κ3) is 7.82. The van der Waals surface area contributed by atoms with Crippen LogP contribution in [-0.4, -0.2) is 66.1 Å². The summed E-state index contributed by atoms with van der Waals surface area (Å²) >= 11 is 0. The number of urea groups is 1. The number of hydrogen-bond donors (Lipinski definition) is 2. The van der Waals surface area contributed by atoms with E-state index in [1.807, 2.05) is 4.90 Å². The van der Waals surface area contributed by atoms with Crippen LogP contribution in [0.2, 0.25) is 0 Å². The van der Waals surface area contributed by atoms with Gasteiger partial charge in [0.05, 0.1) is 13.7 Å². The molecule has 2 aromatic rings. The molecule has 1 spiro atoms. The van der Waals surface area contributed by atoms with E-state index in [0.717, 1.165) is 38.4 Å². The molecule has 0 aromatic heterocycles. The number of carbonyl (C=O) groups is 3. The number of hydrogen-bond acceptors (Lipinski definition) is 6. The summed E-state index contributed by atoms with van der Waals surface area (Å²) in [5.74, 6) is -1.16. The standard InChI is InChI=1S/C32H40F3N3O6/c1-30(2,3)23-13-15-31(16-14-23)17-18-37(24-9-11-25(12-10-24)44-32(33,34)35)29(42)38(31)20-21-5-7-22(8-6-21)27(40)36-19-26(39)28(41)43-4/h5-12,23,26,39H,13-20H2,1-4H3,(H,36,40)/t23?,26-,31?/m1/s1. The summed E-state index contributed by atoms with van der Waals surface area (Å²) in [6, 6.07) is 11.8. The highest BCUT2D eigenvalue weighted by Gasteiger charge is 2.48. The fourth-order valence-electron chi connectivity index (χ4n) is 6.20. The number of aliphatic hydroxyl groups is 1. The van der Waals surface area contributed by atoms with Gasteiger partial charge in [0.25, 0.3) is 5.91 Å². The zero-order valence-corrected chi connectivity index (χ0v) is 25.4. The average molecular weight is 620 g/mol. The van der Waals surface area contributed by atoms with Crippen molar-refractivity contribution in [1.82, 2.24) is 10.2 Å². The maximum Gasteiger partial charge on any atom is 0.573 e. The molecule has 9 nitrogen and oxygen atoms in total. The van der Waals surface area contributed by atoms with Crippen LogP contribution in [0, 0.1) is 11.3 Å². The third-order valence-corrected chi connectivity index (χ3v) is 8.84. The molecule has 1 saturated heterocycles. The highest BCUT2D eigenvalue weighted by atomic mass is 19.4. The van der Waals surface area contributed by atoms with Crippen LogP contribution in [0.4, 0.5) is 23.7 Å². The van der Waals surface area contributed by atoms with E-state index in [1.54, 1.807) is 29.2 Å². The molecule has 44 heavy (non-hydrogen) atoms. The number of aliphatic hydroxyl groups excluding tert-OH is 1.